The van der Waals surface area contributed by atoms with Crippen LogP contribution in [-0.4, -0.2) is 21.6 Å². The molecule has 1 atom stereocenters. The van der Waals surface area contributed by atoms with Crippen LogP contribution in [-0.2, 0) is 0 Å². The number of nitrogens with zero attached hydrogens (tertiary/aromatic N) is 2. The van der Waals surface area contributed by atoms with E-state index in [0.717, 1.165) is 11.1 Å². The number of aromatic nitrogens is 2. The van der Waals surface area contributed by atoms with E-state index in [4.69, 9.17) is 11.6 Å². The van der Waals surface area contributed by atoms with Gasteiger partial charge in [0.15, 0.2) is 0 Å². The molecule has 0 aliphatic carbocycles. The van der Waals surface area contributed by atoms with Crippen LogP contribution < -0.4 is 5.32 Å². The van der Waals surface area contributed by atoms with Gasteiger partial charge in [-0.2, -0.15) is 0 Å². The summed E-state index contributed by atoms with van der Waals surface area (Å²) in [4.78, 5) is 7.80. The van der Waals surface area contributed by atoms with E-state index in [2.05, 4.69) is 15.3 Å². The topological polar surface area (TPSA) is 58.0 Å². The van der Waals surface area contributed by atoms with Gasteiger partial charge in [-0.25, -0.2) is 9.97 Å². The Labute approximate surface area is 111 Å². The Hall–Kier alpha value is -1.65. The number of rotatable bonds is 4. The summed E-state index contributed by atoms with van der Waals surface area (Å²) in [5.41, 5.74) is 1.95. The molecule has 1 aromatic carbocycles. The Morgan fingerprint density at radius 2 is 2.17 bits per heavy atom. The molecular formula is C13H14ClN3O. The van der Waals surface area contributed by atoms with Crippen LogP contribution in [0.5, 0.6) is 0 Å². The Bertz CT molecular complexity index is 533. The number of aliphatic hydroxyl groups is 1. The third-order valence-electron chi connectivity index (χ3n) is 2.68. The van der Waals surface area contributed by atoms with Gasteiger partial charge in [0.1, 0.15) is 17.2 Å². The Morgan fingerprint density at radius 1 is 1.39 bits per heavy atom. The lowest BCUT2D eigenvalue weighted by molar-refractivity contribution is 0.191. The first kappa shape index (κ1) is 12.8. The molecule has 0 radical (unpaired) electrons. The summed E-state index contributed by atoms with van der Waals surface area (Å²) in [5.74, 6) is 0.527. The fourth-order valence-corrected chi connectivity index (χ4v) is 1.88. The number of aliphatic hydroxyl groups excluding tert-OH is 1. The van der Waals surface area contributed by atoms with Crippen LogP contribution in [0.3, 0.4) is 0 Å². The van der Waals surface area contributed by atoms with Crippen molar-refractivity contribution in [3.8, 4) is 0 Å². The molecule has 18 heavy (non-hydrogen) atoms. The maximum Gasteiger partial charge on any atom is 0.148 e. The zero-order chi connectivity index (χ0) is 13.0. The van der Waals surface area contributed by atoms with E-state index in [0.29, 0.717) is 17.4 Å². The van der Waals surface area contributed by atoms with Gasteiger partial charge in [-0.3, -0.25) is 0 Å². The van der Waals surface area contributed by atoms with Gasteiger partial charge in [-0.05, 0) is 18.1 Å². The molecule has 0 bridgehead atoms. The van der Waals surface area contributed by atoms with Crippen molar-refractivity contribution in [3.63, 3.8) is 0 Å². The summed E-state index contributed by atoms with van der Waals surface area (Å²) in [6, 6.07) is 7.73. The second-order valence-corrected chi connectivity index (χ2v) is 4.38. The monoisotopic (exact) mass is 263 g/mol. The highest BCUT2D eigenvalue weighted by Gasteiger charge is 2.10. The molecule has 0 saturated heterocycles. The van der Waals surface area contributed by atoms with E-state index in [1.54, 1.807) is 0 Å². The zero-order valence-corrected chi connectivity index (χ0v) is 10.7. The number of hydrogen-bond donors (Lipinski definition) is 2. The fraction of sp³-hybridized carbons (Fsp3) is 0.231. The van der Waals surface area contributed by atoms with Gasteiger partial charge in [0.25, 0.3) is 0 Å². The molecule has 1 aromatic heterocycles. The lowest BCUT2D eigenvalue weighted by Gasteiger charge is -2.15. The van der Waals surface area contributed by atoms with Gasteiger partial charge in [0.2, 0.25) is 0 Å². The van der Waals surface area contributed by atoms with Gasteiger partial charge in [-0.15, -0.1) is 0 Å². The van der Waals surface area contributed by atoms with Crippen molar-refractivity contribution in [2.45, 2.75) is 13.0 Å². The second kappa shape index (κ2) is 5.80. The van der Waals surface area contributed by atoms with Crippen molar-refractivity contribution in [3.05, 3.63) is 52.9 Å². The average molecular weight is 264 g/mol. The maximum atomic E-state index is 10.1. The van der Waals surface area contributed by atoms with E-state index in [-0.39, 0.29) is 0 Å². The summed E-state index contributed by atoms with van der Waals surface area (Å²) < 4.78 is 0. The third kappa shape index (κ3) is 2.97. The van der Waals surface area contributed by atoms with Crippen LogP contribution in [0.2, 0.25) is 5.02 Å². The van der Waals surface area contributed by atoms with E-state index in [9.17, 15) is 5.11 Å². The normalized spacial score (nSPS) is 12.2. The van der Waals surface area contributed by atoms with E-state index < -0.39 is 6.10 Å². The van der Waals surface area contributed by atoms with Gasteiger partial charge >= 0.3 is 0 Å². The van der Waals surface area contributed by atoms with Gasteiger partial charge in [0.05, 0.1) is 12.3 Å². The number of anilines is 1. The highest BCUT2D eigenvalue weighted by molar-refractivity contribution is 6.32. The molecule has 0 fully saturated rings. The maximum absolute atomic E-state index is 10.1. The molecule has 1 heterocycles. The quantitative estimate of drug-likeness (QED) is 0.890. The highest BCUT2D eigenvalue weighted by Crippen LogP contribution is 2.20. The first-order valence-corrected chi connectivity index (χ1v) is 5.99. The average Bonchev–Trinajstić information content (AvgIpc) is 2.38. The summed E-state index contributed by atoms with van der Waals surface area (Å²) in [6.45, 7) is 2.32. The lowest BCUT2D eigenvalue weighted by atomic mass is 10.0. The molecule has 2 rings (SSSR count). The van der Waals surface area contributed by atoms with E-state index in [1.807, 2.05) is 31.2 Å². The minimum absolute atomic E-state index is 0.349. The number of aryl methyl sites for hydroxylation is 1. The predicted octanol–water partition coefficient (Wildman–Crippen LogP) is 2.58. The highest BCUT2D eigenvalue weighted by atomic mass is 35.5. The first-order chi connectivity index (χ1) is 8.68. The van der Waals surface area contributed by atoms with Crippen molar-refractivity contribution in [1.82, 2.24) is 9.97 Å². The summed E-state index contributed by atoms with van der Waals surface area (Å²) in [7, 11) is 0. The van der Waals surface area contributed by atoms with Gasteiger partial charge in [0, 0.05) is 6.54 Å². The molecule has 0 aliphatic heterocycles. The standard InChI is InChI=1S/C13H14ClN3O/c1-9-4-2-3-5-10(9)12(18)7-16-13-11(14)6-15-8-17-13/h2-6,8,12,18H,7H2,1H3,(H,15,16,17). The number of hydrogen-bond acceptors (Lipinski definition) is 4. The Morgan fingerprint density at radius 3 is 2.89 bits per heavy atom. The van der Waals surface area contributed by atoms with Gasteiger partial charge < -0.3 is 10.4 Å². The van der Waals surface area contributed by atoms with Crippen molar-refractivity contribution in [1.29, 1.82) is 0 Å². The van der Waals surface area contributed by atoms with Gasteiger partial charge in [-0.1, -0.05) is 35.9 Å². The molecule has 1 unspecified atom stereocenters. The lowest BCUT2D eigenvalue weighted by Crippen LogP contribution is -2.14. The Balaban J connectivity index is 2.03. The minimum atomic E-state index is -0.600. The minimum Gasteiger partial charge on any atom is -0.387 e. The van der Waals surface area contributed by atoms with Crippen LogP contribution in [0.25, 0.3) is 0 Å². The largest absolute Gasteiger partial charge is 0.387 e. The van der Waals surface area contributed by atoms with Crippen molar-refractivity contribution >= 4 is 17.4 Å². The summed E-state index contributed by atoms with van der Waals surface area (Å²) in [5, 5.41) is 13.5. The number of halogens is 1. The zero-order valence-electron chi connectivity index (χ0n) is 9.97. The van der Waals surface area contributed by atoms with E-state index in [1.165, 1.54) is 12.5 Å². The molecule has 5 heteroatoms. The number of benzene rings is 1. The predicted molar refractivity (Wildman–Crippen MR) is 71.7 cm³/mol. The van der Waals surface area contributed by atoms with Crippen LogP contribution in [0.4, 0.5) is 5.82 Å². The third-order valence-corrected chi connectivity index (χ3v) is 2.95. The van der Waals surface area contributed by atoms with Crippen molar-refractivity contribution in [2.75, 3.05) is 11.9 Å². The molecule has 94 valence electrons. The fourth-order valence-electron chi connectivity index (χ4n) is 1.71. The second-order valence-electron chi connectivity index (χ2n) is 3.97. The molecule has 2 N–H and O–H groups in total. The molecule has 2 aromatic rings. The van der Waals surface area contributed by atoms with E-state index >= 15 is 0 Å². The molecule has 0 spiro atoms. The summed E-state index contributed by atoms with van der Waals surface area (Å²) in [6.07, 6.45) is 2.32. The first-order valence-electron chi connectivity index (χ1n) is 5.61. The molecule has 4 nitrogen and oxygen atoms in total. The number of nitrogens with one attached hydrogen (secondary N) is 1. The van der Waals surface area contributed by atoms with Crippen LogP contribution >= 0.6 is 11.6 Å². The van der Waals surface area contributed by atoms with Crippen LogP contribution in [0.15, 0.2) is 36.8 Å². The molecule has 0 amide bonds. The molecular weight excluding hydrogens is 250 g/mol. The molecule has 0 saturated carbocycles. The van der Waals surface area contributed by atoms with Crippen molar-refractivity contribution in [2.24, 2.45) is 0 Å². The summed E-state index contributed by atoms with van der Waals surface area (Å²) >= 11 is 5.92. The molecule has 0 aliphatic rings. The Kier molecular flexibility index (Phi) is 4.12. The van der Waals surface area contributed by atoms with Crippen LogP contribution in [0, 0.1) is 6.92 Å². The smallest absolute Gasteiger partial charge is 0.148 e. The van der Waals surface area contributed by atoms with Crippen LogP contribution in [0.1, 0.15) is 17.2 Å². The SMILES string of the molecule is Cc1ccccc1C(O)CNc1ncncc1Cl. The van der Waals surface area contributed by atoms with Crippen molar-refractivity contribution < 1.29 is 5.11 Å².